The third kappa shape index (κ3) is 4.18. The van der Waals surface area contributed by atoms with E-state index in [0.717, 1.165) is 31.5 Å². The average molecular weight is 300 g/mol. The van der Waals surface area contributed by atoms with E-state index in [1.807, 2.05) is 18.7 Å². The van der Waals surface area contributed by atoms with Crippen LogP contribution in [0.5, 0.6) is 0 Å². The minimum atomic E-state index is -0.0573. The van der Waals surface area contributed by atoms with Crippen LogP contribution in [0.4, 0.5) is 0 Å². The first-order valence-electron chi connectivity index (χ1n) is 7.12. The molecular weight excluding hydrogens is 276 g/mol. The predicted octanol–water partition coefficient (Wildman–Crippen LogP) is 3.22. The van der Waals surface area contributed by atoms with E-state index >= 15 is 0 Å². The van der Waals surface area contributed by atoms with E-state index in [4.69, 9.17) is 0 Å². The van der Waals surface area contributed by atoms with E-state index in [-0.39, 0.29) is 12.1 Å². The Kier molecular flexibility index (Phi) is 5.69. The Morgan fingerprint density at radius 3 is 3.11 bits per heavy atom. The summed E-state index contributed by atoms with van der Waals surface area (Å²) in [5.41, 5.74) is 1.05. The number of nitrogens with zero attached hydrogens (tertiary/aromatic N) is 1. The molecule has 2 rings (SSSR count). The molecule has 108 valence electrons. The van der Waals surface area contributed by atoms with Gasteiger partial charge < -0.3 is 10.4 Å². The minimum Gasteiger partial charge on any atom is -0.394 e. The summed E-state index contributed by atoms with van der Waals surface area (Å²) >= 11 is 3.63. The molecule has 1 fully saturated rings. The summed E-state index contributed by atoms with van der Waals surface area (Å²) in [6.07, 6.45) is 5.69. The molecule has 1 aliphatic carbocycles. The van der Waals surface area contributed by atoms with Crippen LogP contribution in [-0.4, -0.2) is 34.0 Å². The van der Waals surface area contributed by atoms with Gasteiger partial charge in [-0.25, -0.2) is 4.98 Å². The average Bonchev–Trinajstić information content (AvgIpc) is 2.82. The molecule has 3 nitrogen and oxygen atoms in total. The molecule has 1 saturated carbocycles. The van der Waals surface area contributed by atoms with Crippen molar-refractivity contribution in [3.8, 4) is 0 Å². The first-order valence-corrected chi connectivity index (χ1v) is 8.88. The third-order valence-corrected chi connectivity index (χ3v) is 6.08. The van der Waals surface area contributed by atoms with Crippen LogP contribution in [0.2, 0.25) is 0 Å². The van der Waals surface area contributed by atoms with E-state index in [0.29, 0.717) is 5.25 Å². The summed E-state index contributed by atoms with van der Waals surface area (Å²) in [6.45, 7) is 5.46. The summed E-state index contributed by atoms with van der Waals surface area (Å²) in [7, 11) is 0. The Morgan fingerprint density at radius 2 is 2.47 bits per heavy atom. The first-order chi connectivity index (χ1) is 9.17. The molecule has 1 heterocycles. The lowest BCUT2D eigenvalue weighted by molar-refractivity contribution is 0.124. The van der Waals surface area contributed by atoms with E-state index in [1.54, 1.807) is 11.3 Å². The van der Waals surface area contributed by atoms with Crippen molar-refractivity contribution >= 4 is 23.1 Å². The molecule has 0 bridgehead atoms. The van der Waals surface area contributed by atoms with Crippen LogP contribution in [0, 0.1) is 6.92 Å². The van der Waals surface area contributed by atoms with Gasteiger partial charge in [-0.1, -0.05) is 25.1 Å². The van der Waals surface area contributed by atoms with Crippen molar-refractivity contribution in [2.24, 2.45) is 0 Å². The Morgan fingerprint density at radius 1 is 1.63 bits per heavy atom. The Labute approximate surface area is 124 Å². The monoisotopic (exact) mass is 300 g/mol. The van der Waals surface area contributed by atoms with Gasteiger partial charge in [0.1, 0.15) is 4.34 Å². The highest BCUT2D eigenvalue weighted by molar-refractivity contribution is 8.01. The summed E-state index contributed by atoms with van der Waals surface area (Å²) in [5, 5.41) is 16.0. The molecule has 1 aromatic rings. The fourth-order valence-corrected chi connectivity index (χ4v) is 5.15. The smallest absolute Gasteiger partial charge is 0.150 e. The Bertz CT molecular complexity index is 397. The maximum absolute atomic E-state index is 9.77. The second kappa shape index (κ2) is 7.07. The number of aliphatic hydroxyl groups excluding tert-OH is 1. The predicted molar refractivity (Wildman–Crippen MR) is 83.1 cm³/mol. The normalized spacial score (nSPS) is 27.6. The lowest BCUT2D eigenvalue weighted by atomic mass is 9.82. The lowest BCUT2D eigenvalue weighted by Crippen LogP contribution is -2.52. The Balaban J connectivity index is 1.95. The second-order valence-corrected chi connectivity index (χ2v) is 7.86. The number of thioether (sulfide) groups is 1. The number of rotatable bonds is 6. The zero-order chi connectivity index (χ0) is 13.7. The van der Waals surface area contributed by atoms with Gasteiger partial charge in [0.2, 0.25) is 0 Å². The molecule has 0 aliphatic heterocycles. The lowest BCUT2D eigenvalue weighted by Gasteiger charge is -2.40. The molecule has 0 spiro atoms. The molecule has 0 radical (unpaired) electrons. The van der Waals surface area contributed by atoms with Crippen LogP contribution in [0.3, 0.4) is 0 Å². The van der Waals surface area contributed by atoms with Crippen LogP contribution in [0.25, 0.3) is 0 Å². The number of aryl methyl sites for hydroxylation is 1. The maximum atomic E-state index is 9.77. The zero-order valence-electron chi connectivity index (χ0n) is 11.8. The van der Waals surface area contributed by atoms with E-state index in [1.165, 1.54) is 17.2 Å². The summed E-state index contributed by atoms with van der Waals surface area (Å²) in [4.78, 5) is 4.54. The van der Waals surface area contributed by atoms with Gasteiger partial charge in [-0.2, -0.15) is 0 Å². The highest BCUT2D eigenvalue weighted by Crippen LogP contribution is 2.39. The topological polar surface area (TPSA) is 45.1 Å². The minimum absolute atomic E-state index is 0.0573. The largest absolute Gasteiger partial charge is 0.394 e. The van der Waals surface area contributed by atoms with Gasteiger partial charge in [-0.15, -0.1) is 11.3 Å². The van der Waals surface area contributed by atoms with Gasteiger partial charge in [0.25, 0.3) is 0 Å². The van der Waals surface area contributed by atoms with Gasteiger partial charge in [0.15, 0.2) is 0 Å². The molecule has 1 aromatic heterocycles. The SMILES string of the molecule is CCCNC1(CO)CCCC(Sc2nc(C)cs2)C1. The molecule has 5 heteroatoms. The quantitative estimate of drug-likeness (QED) is 0.847. The molecule has 2 N–H and O–H groups in total. The van der Waals surface area contributed by atoms with Crippen LogP contribution < -0.4 is 5.32 Å². The molecular formula is C14H24N2OS2. The van der Waals surface area contributed by atoms with Gasteiger partial charge >= 0.3 is 0 Å². The molecule has 0 amide bonds. The molecule has 2 atom stereocenters. The fourth-order valence-electron chi connectivity index (χ4n) is 2.69. The molecule has 2 unspecified atom stereocenters. The molecule has 1 aliphatic rings. The number of aromatic nitrogens is 1. The third-order valence-electron chi connectivity index (χ3n) is 3.72. The fraction of sp³-hybridized carbons (Fsp3) is 0.786. The van der Waals surface area contributed by atoms with Crippen molar-refractivity contribution < 1.29 is 5.11 Å². The van der Waals surface area contributed by atoms with E-state index in [2.05, 4.69) is 22.6 Å². The van der Waals surface area contributed by atoms with Gasteiger partial charge in [0.05, 0.1) is 6.61 Å². The number of nitrogens with one attached hydrogen (secondary N) is 1. The van der Waals surface area contributed by atoms with Crippen LogP contribution >= 0.6 is 23.1 Å². The van der Waals surface area contributed by atoms with Crippen molar-refractivity contribution in [2.75, 3.05) is 13.2 Å². The van der Waals surface area contributed by atoms with Gasteiger partial charge in [-0.05, 0) is 39.2 Å². The van der Waals surface area contributed by atoms with Crippen molar-refractivity contribution in [1.82, 2.24) is 10.3 Å². The number of hydrogen-bond donors (Lipinski definition) is 2. The van der Waals surface area contributed by atoms with Crippen molar-refractivity contribution in [2.45, 2.75) is 61.1 Å². The highest BCUT2D eigenvalue weighted by Gasteiger charge is 2.35. The maximum Gasteiger partial charge on any atom is 0.150 e. The summed E-state index contributed by atoms with van der Waals surface area (Å²) in [6, 6.07) is 0. The molecule has 19 heavy (non-hydrogen) atoms. The first kappa shape index (κ1) is 15.3. The zero-order valence-corrected chi connectivity index (χ0v) is 13.4. The van der Waals surface area contributed by atoms with Crippen molar-refractivity contribution in [3.05, 3.63) is 11.1 Å². The van der Waals surface area contributed by atoms with Crippen LogP contribution in [0.1, 0.15) is 44.7 Å². The van der Waals surface area contributed by atoms with Gasteiger partial charge in [0, 0.05) is 21.9 Å². The standard InChI is InChI=1S/C14H24N2OS2/c1-3-7-15-14(10-17)6-4-5-12(8-14)19-13-16-11(2)9-18-13/h9,12,15,17H,3-8,10H2,1-2H3. The summed E-state index contributed by atoms with van der Waals surface area (Å²) < 4.78 is 1.17. The van der Waals surface area contributed by atoms with E-state index < -0.39 is 0 Å². The second-order valence-electron chi connectivity index (χ2n) is 5.46. The number of aliphatic hydroxyl groups is 1. The van der Waals surface area contributed by atoms with Crippen molar-refractivity contribution in [1.29, 1.82) is 0 Å². The van der Waals surface area contributed by atoms with Crippen LogP contribution in [-0.2, 0) is 0 Å². The van der Waals surface area contributed by atoms with Crippen LogP contribution in [0.15, 0.2) is 9.72 Å². The molecule has 0 aromatic carbocycles. The van der Waals surface area contributed by atoms with Crippen molar-refractivity contribution in [3.63, 3.8) is 0 Å². The van der Waals surface area contributed by atoms with Gasteiger partial charge in [-0.3, -0.25) is 0 Å². The highest BCUT2D eigenvalue weighted by atomic mass is 32.2. The number of hydrogen-bond acceptors (Lipinski definition) is 5. The Hall–Kier alpha value is -0.100. The summed E-state index contributed by atoms with van der Waals surface area (Å²) in [5.74, 6) is 0. The van der Waals surface area contributed by atoms with E-state index in [9.17, 15) is 5.11 Å². The molecule has 0 saturated heterocycles. The number of thiazole rings is 1.